The highest BCUT2D eigenvalue weighted by molar-refractivity contribution is 7.99. The van der Waals surface area contributed by atoms with Gasteiger partial charge in [-0.25, -0.2) is 15.0 Å². The van der Waals surface area contributed by atoms with Crippen LogP contribution in [0.25, 0.3) is 11.1 Å². The number of nitrogens with one attached hydrogen (secondary N) is 1. The number of nitrogens with zero attached hydrogens (tertiary/aromatic N) is 3. The Morgan fingerprint density at radius 2 is 2.05 bits per heavy atom. The first-order valence-electron chi connectivity index (χ1n) is 6.93. The van der Waals surface area contributed by atoms with Crippen molar-refractivity contribution in [3.8, 4) is 0 Å². The van der Waals surface area contributed by atoms with Crippen LogP contribution < -0.4 is 5.32 Å². The van der Waals surface area contributed by atoms with Crippen molar-refractivity contribution in [1.82, 2.24) is 15.0 Å². The van der Waals surface area contributed by atoms with Gasteiger partial charge in [-0.3, -0.25) is 0 Å². The summed E-state index contributed by atoms with van der Waals surface area (Å²) >= 11 is 1.44. The lowest BCUT2D eigenvalue weighted by atomic mass is 10.2. The molecule has 2 heterocycles. The summed E-state index contributed by atoms with van der Waals surface area (Å²) in [6.07, 6.45) is 2.42. The molecule has 0 aliphatic carbocycles. The number of rotatable bonds is 5. The number of para-hydroxylation sites is 2. The van der Waals surface area contributed by atoms with Crippen LogP contribution >= 0.6 is 11.8 Å². The van der Waals surface area contributed by atoms with E-state index in [9.17, 15) is 0 Å². The molecule has 3 rings (SSSR count). The van der Waals surface area contributed by atoms with Crippen LogP contribution in [-0.2, 0) is 6.42 Å². The van der Waals surface area contributed by atoms with Crippen molar-refractivity contribution in [1.29, 1.82) is 0 Å². The molecule has 6 heteroatoms. The van der Waals surface area contributed by atoms with Crippen LogP contribution in [0.5, 0.6) is 0 Å². The van der Waals surface area contributed by atoms with E-state index >= 15 is 0 Å². The zero-order valence-electron chi connectivity index (χ0n) is 12.0. The first kappa shape index (κ1) is 13.9. The summed E-state index contributed by atoms with van der Waals surface area (Å²) in [5.74, 6) is 0.883. The molecule has 0 amide bonds. The molecule has 108 valence electrons. The minimum Gasteiger partial charge on any atom is -0.431 e. The maximum absolute atomic E-state index is 5.74. The fraction of sp³-hybridized carbons (Fsp3) is 0.267. The lowest BCUT2D eigenvalue weighted by molar-refractivity contribution is 0.489. The van der Waals surface area contributed by atoms with Crippen molar-refractivity contribution in [2.24, 2.45) is 0 Å². The van der Waals surface area contributed by atoms with Crippen molar-refractivity contribution < 1.29 is 4.42 Å². The molecule has 0 spiro atoms. The second kappa shape index (κ2) is 6.13. The van der Waals surface area contributed by atoms with E-state index in [0.717, 1.165) is 40.5 Å². The summed E-state index contributed by atoms with van der Waals surface area (Å²) in [4.78, 5) is 13.1. The molecule has 3 aromatic rings. The Balaban J connectivity index is 1.95. The van der Waals surface area contributed by atoms with Gasteiger partial charge in [-0.1, -0.05) is 19.1 Å². The van der Waals surface area contributed by atoms with Gasteiger partial charge < -0.3 is 9.73 Å². The Kier molecular flexibility index (Phi) is 4.06. The zero-order chi connectivity index (χ0) is 14.7. The van der Waals surface area contributed by atoms with E-state index in [2.05, 4.69) is 34.1 Å². The molecule has 2 aromatic heterocycles. The number of hydrogen-bond acceptors (Lipinski definition) is 6. The Labute approximate surface area is 127 Å². The number of benzene rings is 1. The predicted molar refractivity (Wildman–Crippen MR) is 83.7 cm³/mol. The van der Waals surface area contributed by atoms with Gasteiger partial charge in [0.1, 0.15) is 22.7 Å². The van der Waals surface area contributed by atoms with Crippen LogP contribution in [-0.4, -0.2) is 21.5 Å². The first-order valence-corrected chi connectivity index (χ1v) is 7.74. The molecular weight excluding hydrogens is 284 g/mol. The SMILES string of the molecule is CCNc1ncnc(Sc2nc3ccccc3o2)c1CC. The predicted octanol–water partition coefficient (Wildman–Crippen LogP) is 3.76. The van der Waals surface area contributed by atoms with Gasteiger partial charge in [0.15, 0.2) is 5.58 Å². The van der Waals surface area contributed by atoms with E-state index in [-0.39, 0.29) is 0 Å². The number of oxazole rings is 1. The Morgan fingerprint density at radius 3 is 2.81 bits per heavy atom. The lowest BCUT2D eigenvalue weighted by Crippen LogP contribution is -2.05. The Bertz CT molecular complexity index is 723. The van der Waals surface area contributed by atoms with Gasteiger partial charge in [-0.2, -0.15) is 0 Å². The van der Waals surface area contributed by atoms with Crippen LogP contribution in [0.15, 0.2) is 45.3 Å². The molecular formula is C15H16N4OS. The zero-order valence-corrected chi connectivity index (χ0v) is 12.8. The third-order valence-corrected chi connectivity index (χ3v) is 3.96. The maximum Gasteiger partial charge on any atom is 0.263 e. The molecule has 0 unspecified atom stereocenters. The van der Waals surface area contributed by atoms with Gasteiger partial charge in [-0.15, -0.1) is 0 Å². The minimum absolute atomic E-state index is 0.604. The second-order valence-corrected chi connectivity index (χ2v) is 5.38. The highest BCUT2D eigenvalue weighted by Crippen LogP contribution is 2.32. The largest absolute Gasteiger partial charge is 0.431 e. The van der Waals surface area contributed by atoms with E-state index in [1.54, 1.807) is 6.33 Å². The van der Waals surface area contributed by atoms with Crippen molar-refractivity contribution in [3.63, 3.8) is 0 Å². The van der Waals surface area contributed by atoms with Crippen LogP contribution in [0.1, 0.15) is 19.4 Å². The molecule has 0 saturated carbocycles. The number of hydrogen-bond donors (Lipinski definition) is 1. The Morgan fingerprint density at radius 1 is 1.19 bits per heavy atom. The van der Waals surface area contributed by atoms with E-state index < -0.39 is 0 Å². The fourth-order valence-corrected chi connectivity index (χ4v) is 3.00. The fourth-order valence-electron chi connectivity index (χ4n) is 2.10. The van der Waals surface area contributed by atoms with Gasteiger partial charge in [-0.05, 0) is 37.2 Å². The molecule has 0 aliphatic heterocycles. The summed E-state index contributed by atoms with van der Waals surface area (Å²) < 4.78 is 5.74. The topological polar surface area (TPSA) is 63.8 Å². The van der Waals surface area contributed by atoms with Gasteiger partial charge in [0.2, 0.25) is 0 Å². The molecule has 21 heavy (non-hydrogen) atoms. The summed E-state index contributed by atoms with van der Waals surface area (Å²) in [7, 11) is 0. The summed E-state index contributed by atoms with van der Waals surface area (Å²) in [6, 6.07) is 7.74. The molecule has 0 atom stereocenters. The molecule has 0 saturated heterocycles. The van der Waals surface area contributed by atoms with E-state index in [1.165, 1.54) is 11.8 Å². The molecule has 1 aromatic carbocycles. The first-order chi connectivity index (χ1) is 10.3. The quantitative estimate of drug-likeness (QED) is 0.724. The summed E-state index contributed by atoms with van der Waals surface area (Å²) in [6.45, 7) is 4.97. The summed E-state index contributed by atoms with van der Waals surface area (Å²) in [5, 5.41) is 4.75. The lowest BCUT2D eigenvalue weighted by Gasteiger charge is -2.10. The molecule has 1 N–H and O–H groups in total. The minimum atomic E-state index is 0.604. The average molecular weight is 300 g/mol. The number of anilines is 1. The van der Waals surface area contributed by atoms with Crippen molar-refractivity contribution >= 4 is 28.7 Å². The van der Waals surface area contributed by atoms with Crippen LogP contribution in [0.2, 0.25) is 0 Å². The normalized spacial score (nSPS) is 11.0. The van der Waals surface area contributed by atoms with Gasteiger partial charge in [0, 0.05) is 12.1 Å². The summed E-state index contributed by atoms with van der Waals surface area (Å²) in [5.41, 5.74) is 2.74. The number of fused-ring (bicyclic) bond motifs is 1. The van der Waals surface area contributed by atoms with Crippen LogP contribution in [0.3, 0.4) is 0 Å². The van der Waals surface area contributed by atoms with E-state index in [0.29, 0.717) is 5.22 Å². The average Bonchev–Trinajstić information content (AvgIpc) is 2.90. The third-order valence-electron chi connectivity index (χ3n) is 3.06. The molecule has 0 radical (unpaired) electrons. The van der Waals surface area contributed by atoms with E-state index in [4.69, 9.17) is 4.42 Å². The number of aromatic nitrogens is 3. The highest BCUT2D eigenvalue weighted by Gasteiger charge is 2.14. The van der Waals surface area contributed by atoms with Crippen LogP contribution in [0, 0.1) is 0 Å². The van der Waals surface area contributed by atoms with Gasteiger partial charge >= 0.3 is 0 Å². The molecule has 0 bridgehead atoms. The van der Waals surface area contributed by atoms with Gasteiger partial charge in [0.05, 0.1) is 0 Å². The monoisotopic (exact) mass is 300 g/mol. The van der Waals surface area contributed by atoms with E-state index in [1.807, 2.05) is 24.3 Å². The Hall–Kier alpha value is -2.08. The maximum atomic E-state index is 5.74. The highest BCUT2D eigenvalue weighted by atomic mass is 32.2. The molecule has 5 nitrogen and oxygen atoms in total. The third kappa shape index (κ3) is 2.85. The van der Waals surface area contributed by atoms with Crippen LogP contribution in [0.4, 0.5) is 5.82 Å². The van der Waals surface area contributed by atoms with Crippen molar-refractivity contribution in [3.05, 3.63) is 36.2 Å². The van der Waals surface area contributed by atoms with Gasteiger partial charge in [0.25, 0.3) is 5.22 Å². The van der Waals surface area contributed by atoms with Crippen molar-refractivity contribution in [2.75, 3.05) is 11.9 Å². The second-order valence-electron chi connectivity index (χ2n) is 4.44. The molecule has 0 fully saturated rings. The smallest absolute Gasteiger partial charge is 0.263 e. The van der Waals surface area contributed by atoms with Crippen molar-refractivity contribution in [2.45, 2.75) is 30.5 Å². The molecule has 0 aliphatic rings. The standard InChI is InChI=1S/C15H16N4OS/c1-3-10-13(16-4-2)17-9-18-14(10)21-15-19-11-7-5-6-8-12(11)20-15/h5-9H,3-4H2,1-2H3,(H,16,17,18).